The highest BCUT2D eigenvalue weighted by Gasteiger charge is 2.18. The molecule has 0 heterocycles. The van der Waals surface area contributed by atoms with Gasteiger partial charge in [0.15, 0.2) is 0 Å². The van der Waals surface area contributed by atoms with Crippen molar-refractivity contribution in [2.75, 3.05) is 13.6 Å². The summed E-state index contributed by atoms with van der Waals surface area (Å²) in [6.45, 7) is 0.686. The van der Waals surface area contributed by atoms with Crippen LogP contribution in [0.1, 0.15) is 11.1 Å². The maximum Gasteiger partial charge on any atom is 0.239 e. The van der Waals surface area contributed by atoms with Gasteiger partial charge in [-0.3, -0.25) is 4.79 Å². The van der Waals surface area contributed by atoms with E-state index < -0.39 is 6.04 Å². The van der Waals surface area contributed by atoms with Crippen molar-refractivity contribution in [2.45, 2.75) is 18.9 Å². The zero-order valence-corrected chi connectivity index (χ0v) is 12.4. The summed E-state index contributed by atoms with van der Waals surface area (Å²) in [5, 5.41) is 0. The van der Waals surface area contributed by atoms with Gasteiger partial charge in [0, 0.05) is 13.6 Å². The zero-order chi connectivity index (χ0) is 15.1. The topological polar surface area (TPSA) is 46.3 Å². The van der Waals surface area contributed by atoms with Gasteiger partial charge < -0.3 is 10.6 Å². The lowest BCUT2D eigenvalue weighted by Crippen LogP contribution is -2.43. The first-order valence-corrected chi connectivity index (χ1v) is 7.25. The Kier molecular flexibility index (Phi) is 5.52. The van der Waals surface area contributed by atoms with Crippen molar-refractivity contribution in [3.63, 3.8) is 0 Å². The standard InChI is InChI=1S/C18H22N2O/c1-20(13-12-15-8-4-2-5-9-15)18(21)17(19)14-16-10-6-3-7-11-16/h2-11,17H,12-14,19H2,1H3/t17-/m1/s1. The van der Waals surface area contributed by atoms with E-state index >= 15 is 0 Å². The maximum absolute atomic E-state index is 12.3. The summed E-state index contributed by atoms with van der Waals surface area (Å²) in [6, 6.07) is 19.6. The average Bonchev–Trinajstić information content (AvgIpc) is 2.53. The summed E-state index contributed by atoms with van der Waals surface area (Å²) >= 11 is 0. The first-order valence-electron chi connectivity index (χ1n) is 7.25. The zero-order valence-electron chi connectivity index (χ0n) is 12.4. The smallest absolute Gasteiger partial charge is 0.239 e. The first-order chi connectivity index (χ1) is 10.2. The van der Waals surface area contributed by atoms with Crippen LogP contribution >= 0.6 is 0 Å². The lowest BCUT2D eigenvalue weighted by Gasteiger charge is -2.21. The monoisotopic (exact) mass is 282 g/mol. The van der Waals surface area contributed by atoms with Crippen LogP contribution in [0.25, 0.3) is 0 Å². The molecule has 0 aliphatic rings. The Morgan fingerprint density at radius 3 is 2.10 bits per heavy atom. The lowest BCUT2D eigenvalue weighted by atomic mass is 10.1. The molecule has 2 aromatic rings. The van der Waals surface area contributed by atoms with Gasteiger partial charge in [-0.1, -0.05) is 60.7 Å². The van der Waals surface area contributed by atoms with Crippen LogP contribution in [0.2, 0.25) is 0 Å². The van der Waals surface area contributed by atoms with Gasteiger partial charge in [-0.05, 0) is 24.0 Å². The van der Waals surface area contributed by atoms with Crippen molar-refractivity contribution in [3.8, 4) is 0 Å². The fourth-order valence-corrected chi connectivity index (χ4v) is 2.29. The summed E-state index contributed by atoms with van der Waals surface area (Å²) in [5.41, 5.74) is 8.35. The Labute approximate surface area is 126 Å². The molecule has 0 saturated heterocycles. The first kappa shape index (κ1) is 15.3. The molecule has 2 rings (SSSR count). The molecule has 1 amide bonds. The minimum absolute atomic E-state index is 0.00483. The highest BCUT2D eigenvalue weighted by molar-refractivity contribution is 5.81. The third-order valence-electron chi connectivity index (χ3n) is 3.57. The molecule has 0 aliphatic heterocycles. The van der Waals surface area contributed by atoms with E-state index in [1.54, 1.807) is 4.90 Å². The lowest BCUT2D eigenvalue weighted by molar-refractivity contribution is -0.131. The molecule has 110 valence electrons. The quantitative estimate of drug-likeness (QED) is 0.883. The SMILES string of the molecule is CN(CCc1ccccc1)C(=O)[C@H](N)Cc1ccccc1. The highest BCUT2D eigenvalue weighted by Crippen LogP contribution is 2.05. The molecule has 0 bridgehead atoms. The average molecular weight is 282 g/mol. The number of likely N-dealkylation sites (N-methyl/N-ethyl adjacent to an activating group) is 1. The summed E-state index contributed by atoms with van der Waals surface area (Å²) in [7, 11) is 1.82. The van der Waals surface area contributed by atoms with Gasteiger partial charge in [-0.25, -0.2) is 0 Å². The van der Waals surface area contributed by atoms with E-state index in [2.05, 4.69) is 12.1 Å². The van der Waals surface area contributed by atoms with E-state index in [1.165, 1.54) is 5.56 Å². The van der Waals surface area contributed by atoms with E-state index in [1.807, 2.05) is 55.6 Å². The van der Waals surface area contributed by atoms with E-state index in [0.29, 0.717) is 13.0 Å². The van der Waals surface area contributed by atoms with Gasteiger partial charge in [0.25, 0.3) is 0 Å². The number of benzene rings is 2. The number of carbonyl (C=O) groups is 1. The van der Waals surface area contributed by atoms with Crippen LogP contribution < -0.4 is 5.73 Å². The van der Waals surface area contributed by atoms with Crippen LogP contribution in [0.3, 0.4) is 0 Å². The number of hydrogen-bond donors (Lipinski definition) is 1. The third kappa shape index (κ3) is 4.72. The molecule has 0 saturated carbocycles. The van der Waals surface area contributed by atoms with Gasteiger partial charge in [0.2, 0.25) is 5.91 Å². The normalized spacial score (nSPS) is 11.9. The predicted molar refractivity (Wildman–Crippen MR) is 85.9 cm³/mol. The van der Waals surface area contributed by atoms with Gasteiger partial charge in [-0.2, -0.15) is 0 Å². The van der Waals surface area contributed by atoms with Crippen LogP contribution in [0, 0.1) is 0 Å². The minimum atomic E-state index is -0.479. The third-order valence-corrected chi connectivity index (χ3v) is 3.57. The Bertz CT molecular complexity index is 554. The largest absolute Gasteiger partial charge is 0.344 e. The number of rotatable bonds is 6. The summed E-state index contributed by atoms with van der Waals surface area (Å²) in [4.78, 5) is 14.0. The Hall–Kier alpha value is -2.13. The molecular weight excluding hydrogens is 260 g/mol. The molecule has 3 nitrogen and oxygen atoms in total. The molecule has 0 aliphatic carbocycles. The summed E-state index contributed by atoms with van der Waals surface area (Å²) < 4.78 is 0. The van der Waals surface area contributed by atoms with Gasteiger partial charge in [0.1, 0.15) is 0 Å². The number of hydrogen-bond acceptors (Lipinski definition) is 2. The molecular formula is C18H22N2O. The molecule has 2 aromatic carbocycles. The number of nitrogens with two attached hydrogens (primary N) is 1. The second-order valence-electron chi connectivity index (χ2n) is 5.29. The highest BCUT2D eigenvalue weighted by atomic mass is 16.2. The van der Waals surface area contributed by atoms with Gasteiger partial charge in [0.05, 0.1) is 6.04 Å². The van der Waals surface area contributed by atoms with Crippen LogP contribution in [0.5, 0.6) is 0 Å². The van der Waals surface area contributed by atoms with E-state index in [0.717, 1.165) is 12.0 Å². The minimum Gasteiger partial charge on any atom is -0.344 e. The molecule has 2 N–H and O–H groups in total. The Morgan fingerprint density at radius 1 is 1.00 bits per heavy atom. The molecule has 0 aromatic heterocycles. The summed E-state index contributed by atoms with van der Waals surface area (Å²) in [5.74, 6) is -0.00483. The van der Waals surface area contributed by atoms with Crippen LogP contribution in [-0.4, -0.2) is 30.4 Å². The van der Waals surface area contributed by atoms with Crippen molar-refractivity contribution in [1.82, 2.24) is 4.90 Å². The fraction of sp³-hybridized carbons (Fsp3) is 0.278. The van der Waals surface area contributed by atoms with Gasteiger partial charge in [-0.15, -0.1) is 0 Å². The molecule has 0 spiro atoms. The van der Waals surface area contributed by atoms with Crippen molar-refractivity contribution in [2.24, 2.45) is 5.73 Å². The number of carbonyl (C=O) groups excluding carboxylic acids is 1. The van der Waals surface area contributed by atoms with Crippen molar-refractivity contribution >= 4 is 5.91 Å². The second-order valence-corrected chi connectivity index (χ2v) is 5.29. The summed E-state index contributed by atoms with van der Waals surface area (Å²) in [6.07, 6.45) is 1.43. The van der Waals surface area contributed by atoms with Crippen molar-refractivity contribution < 1.29 is 4.79 Å². The molecule has 0 unspecified atom stereocenters. The Balaban J connectivity index is 1.84. The number of nitrogens with zero attached hydrogens (tertiary/aromatic N) is 1. The van der Waals surface area contributed by atoms with Crippen molar-refractivity contribution in [1.29, 1.82) is 0 Å². The van der Waals surface area contributed by atoms with E-state index in [-0.39, 0.29) is 5.91 Å². The van der Waals surface area contributed by atoms with E-state index in [4.69, 9.17) is 5.73 Å². The number of amides is 1. The molecule has 0 fully saturated rings. The van der Waals surface area contributed by atoms with Crippen LogP contribution in [0.4, 0.5) is 0 Å². The van der Waals surface area contributed by atoms with Crippen LogP contribution in [0.15, 0.2) is 60.7 Å². The fourth-order valence-electron chi connectivity index (χ4n) is 2.29. The van der Waals surface area contributed by atoms with Gasteiger partial charge >= 0.3 is 0 Å². The molecule has 0 radical (unpaired) electrons. The Morgan fingerprint density at radius 2 is 1.52 bits per heavy atom. The molecule has 3 heteroatoms. The van der Waals surface area contributed by atoms with E-state index in [9.17, 15) is 4.79 Å². The second kappa shape index (κ2) is 7.60. The molecule has 21 heavy (non-hydrogen) atoms. The van der Waals surface area contributed by atoms with Crippen molar-refractivity contribution in [3.05, 3.63) is 71.8 Å². The predicted octanol–water partition coefficient (Wildman–Crippen LogP) is 2.26. The van der Waals surface area contributed by atoms with Crippen LogP contribution in [-0.2, 0) is 17.6 Å². The molecule has 1 atom stereocenters. The maximum atomic E-state index is 12.3.